The van der Waals surface area contributed by atoms with Crippen LogP contribution in [0.2, 0.25) is 0 Å². The molecule has 0 aromatic carbocycles. The van der Waals surface area contributed by atoms with Gasteiger partial charge >= 0.3 is 0 Å². The standard InChI is InChI=1S/C13H27N3O/c1-14-11-13-12-16(9-10-17-13)8-7-15-5-3-2-4-6-15/h13-14H,2-12H2,1H3. The van der Waals surface area contributed by atoms with Crippen molar-refractivity contribution in [2.75, 3.05) is 59.5 Å². The van der Waals surface area contributed by atoms with Crippen LogP contribution in [-0.2, 0) is 4.74 Å². The lowest BCUT2D eigenvalue weighted by Crippen LogP contribution is -2.48. The highest BCUT2D eigenvalue weighted by Gasteiger charge is 2.20. The molecule has 1 atom stereocenters. The van der Waals surface area contributed by atoms with Crippen LogP contribution in [0.25, 0.3) is 0 Å². The molecule has 4 nitrogen and oxygen atoms in total. The van der Waals surface area contributed by atoms with Gasteiger partial charge in [0.15, 0.2) is 0 Å². The lowest BCUT2D eigenvalue weighted by Gasteiger charge is -2.35. The molecule has 0 amide bonds. The maximum Gasteiger partial charge on any atom is 0.0826 e. The molecule has 0 bridgehead atoms. The highest BCUT2D eigenvalue weighted by atomic mass is 16.5. The molecule has 0 spiro atoms. The number of nitrogens with one attached hydrogen (secondary N) is 1. The normalized spacial score (nSPS) is 28.4. The van der Waals surface area contributed by atoms with E-state index in [2.05, 4.69) is 15.1 Å². The van der Waals surface area contributed by atoms with E-state index in [1.54, 1.807) is 0 Å². The Balaban J connectivity index is 1.64. The van der Waals surface area contributed by atoms with Crippen molar-refractivity contribution in [1.82, 2.24) is 15.1 Å². The third-order valence-electron chi connectivity index (χ3n) is 3.84. The van der Waals surface area contributed by atoms with Crippen LogP contribution < -0.4 is 5.32 Å². The first kappa shape index (κ1) is 13.3. The number of rotatable bonds is 5. The van der Waals surface area contributed by atoms with Gasteiger partial charge in [-0.15, -0.1) is 0 Å². The number of hydrogen-bond acceptors (Lipinski definition) is 4. The Morgan fingerprint density at radius 2 is 1.82 bits per heavy atom. The van der Waals surface area contributed by atoms with Gasteiger partial charge in [0.2, 0.25) is 0 Å². The maximum absolute atomic E-state index is 5.72. The van der Waals surface area contributed by atoms with Crippen molar-refractivity contribution in [3.8, 4) is 0 Å². The van der Waals surface area contributed by atoms with Gasteiger partial charge in [-0.25, -0.2) is 0 Å². The van der Waals surface area contributed by atoms with Crippen molar-refractivity contribution in [1.29, 1.82) is 0 Å². The van der Waals surface area contributed by atoms with Crippen LogP contribution in [0.4, 0.5) is 0 Å². The summed E-state index contributed by atoms with van der Waals surface area (Å²) in [5.74, 6) is 0. The smallest absolute Gasteiger partial charge is 0.0826 e. The lowest BCUT2D eigenvalue weighted by molar-refractivity contribution is -0.0287. The molecule has 4 heteroatoms. The van der Waals surface area contributed by atoms with Gasteiger partial charge < -0.3 is 15.0 Å². The molecule has 2 aliphatic rings. The van der Waals surface area contributed by atoms with E-state index < -0.39 is 0 Å². The fourth-order valence-electron chi connectivity index (χ4n) is 2.80. The third-order valence-corrected chi connectivity index (χ3v) is 3.84. The Morgan fingerprint density at radius 1 is 1.06 bits per heavy atom. The number of nitrogens with zero attached hydrogens (tertiary/aromatic N) is 2. The van der Waals surface area contributed by atoms with E-state index >= 15 is 0 Å². The second-order valence-corrected chi connectivity index (χ2v) is 5.25. The van der Waals surface area contributed by atoms with E-state index in [9.17, 15) is 0 Å². The molecule has 1 N–H and O–H groups in total. The molecule has 2 aliphatic heterocycles. The van der Waals surface area contributed by atoms with E-state index in [1.807, 2.05) is 7.05 Å². The van der Waals surface area contributed by atoms with Crippen LogP contribution in [-0.4, -0.2) is 75.4 Å². The summed E-state index contributed by atoms with van der Waals surface area (Å²) in [6.45, 7) is 9.14. The van der Waals surface area contributed by atoms with Crippen LogP contribution in [0.5, 0.6) is 0 Å². The van der Waals surface area contributed by atoms with Crippen LogP contribution in [0.15, 0.2) is 0 Å². The number of hydrogen-bond donors (Lipinski definition) is 1. The lowest BCUT2D eigenvalue weighted by atomic mass is 10.1. The Labute approximate surface area is 105 Å². The molecule has 1 unspecified atom stereocenters. The summed E-state index contributed by atoms with van der Waals surface area (Å²) in [7, 11) is 2.00. The number of morpholine rings is 1. The van der Waals surface area contributed by atoms with Crippen molar-refractivity contribution in [2.45, 2.75) is 25.4 Å². The quantitative estimate of drug-likeness (QED) is 0.754. The Hall–Kier alpha value is -0.160. The molecule has 0 aromatic rings. The Kier molecular flexibility index (Phi) is 5.71. The Morgan fingerprint density at radius 3 is 2.59 bits per heavy atom. The zero-order valence-electron chi connectivity index (χ0n) is 11.2. The number of likely N-dealkylation sites (tertiary alicyclic amines) is 1. The summed E-state index contributed by atoms with van der Waals surface area (Å²) in [5.41, 5.74) is 0. The molecule has 2 fully saturated rings. The SMILES string of the molecule is CNCC1CN(CCN2CCCCC2)CCO1. The highest BCUT2D eigenvalue weighted by molar-refractivity contribution is 4.74. The second kappa shape index (κ2) is 7.31. The summed E-state index contributed by atoms with van der Waals surface area (Å²) in [6.07, 6.45) is 4.60. The first-order valence-corrected chi connectivity index (χ1v) is 7.09. The molecule has 0 radical (unpaired) electrons. The average Bonchev–Trinajstić information content (AvgIpc) is 2.39. The van der Waals surface area contributed by atoms with Crippen LogP contribution in [0.1, 0.15) is 19.3 Å². The third kappa shape index (κ3) is 4.54. The van der Waals surface area contributed by atoms with Crippen molar-refractivity contribution < 1.29 is 4.74 Å². The van der Waals surface area contributed by atoms with Crippen molar-refractivity contribution in [3.05, 3.63) is 0 Å². The minimum Gasteiger partial charge on any atom is -0.374 e. The number of ether oxygens (including phenoxy) is 1. The molecule has 2 rings (SSSR count). The second-order valence-electron chi connectivity index (χ2n) is 5.25. The van der Waals surface area contributed by atoms with Gasteiger partial charge in [0, 0.05) is 32.7 Å². The van der Waals surface area contributed by atoms with E-state index in [4.69, 9.17) is 4.74 Å². The molecule has 2 saturated heterocycles. The predicted molar refractivity (Wildman–Crippen MR) is 70.4 cm³/mol. The number of piperidine rings is 1. The van der Waals surface area contributed by atoms with Crippen molar-refractivity contribution in [2.24, 2.45) is 0 Å². The minimum absolute atomic E-state index is 0.384. The average molecular weight is 241 g/mol. The van der Waals surface area contributed by atoms with Gasteiger partial charge in [-0.05, 0) is 33.0 Å². The van der Waals surface area contributed by atoms with E-state index in [0.717, 1.165) is 26.2 Å². The van der Waals surface area contributed by atoms with Gasteiger partial charge in [-0.1, -0.05) is 6.42 Å². The van der Waals surface area contributed by atoms with Gasteiger partial charge in [0.1, 0.15) is 0 Å². The summed E-state index contributed by atoms with van der Waals surface area (Å²) < 4.78 is 5.72. The molecular weight excluding hydrogens is 214 g/mol. The van der Waals surface area contributed by atoms with Crippen LogP contribution in [0, 0.1) is 0 Å². The largest absolute Gasteiger partial charge is 0.374 e. The maximum atomic E-state index is 5.72. The first-order valence-electron chi connectivity index (χ1n) is 7.09. The summed E-state index contributed by atoms with van der Waals surface area (Å²) in [6, 6.07) is 0. The molecular formula is C13H27N3O. The predicted octanol–water partition coefficient (Wildman–Crippen LogP) is 0.393. The van der Waals surface area contributed by atoms with E-state index in [0.29, 0.717) is 6.10 Å². The van der Waals surface area contributed by atoms with Gasteiger partial charge in [-0.2, -0.15) is 0 Å². The molecule has 0 aromatic heterocycles. The van der Waals surface area contributed by atoms with Crippen LogP contribution >= 0.6 is 0 Å². The van der Waals surface area contributed by atoms with Crippen molar-refractivity contribution >= 4 is 0 Å². The Bertz CT molecular complexity index is 205. The molecule has 17 heavy (non-hydrogen) atoms. The van der Waals surface area contributed by atoms with E-state index in [1.165, 1.54) is 45.4 Å². The molecule has 0 saturated carbocycles. The summed E-state index contributed by atoms with van der Waals surface area (Å²) in [4.78, 5) is 5.17. The zero-order valence-corrected chi connectivity index (χ0v) is 11.2. The van der Waals surface area contributed by atoms with Gasteiger partial charge in [0.05, 0.1) is 12.7 Å². The fourth-order valence-corrected chi connectivity index (χ4v) is 2.80. The monoisotopic (exact) mass is 241 g/mol. The van der Waals surface area contributed by atoms with Gasteiger partial charge in [0.25, 0.3) is 0 Å². The molecule has 100 valence electrons. The van der Waals surface area contributed by atoms with Crippen LogP contribution in [0.3, 0.4) is 0 Å². The van der Waals surface area contributed by atoms with E-state index in [-0.39, 0.29) is 0 Å². The number of likely N-dealkylation sites (N-methyl/N-ethyl adjacent to an activating group) is 1. The van der Waals surface area contributed by atoms with Crippen molar-refractivity contribution in [3.63, 3.8) is 0 Å². The highest BCUT2D eigenvalue weighted by Crippen LogP contribution is 2.09. The summed E-state index contributed by atoms with van der Waals surface area (Å²) in [5, 5.41) is 3.20. The summed E-state index contributed by atoms with van der Waals surface area (Å²) >= 11 is 0. The topological polar surface area (TPSA) is 27.7 Å². The van der Waals surface area contributed by atoms with Gasteiger partial charge in [-0.3, -0.25) is 4.90 Å². The minimum atomic E-state index is 0.384. The first-order chi connectivity index (χ1) is 8.38. The molecule has 0 aliphatic carbocycles. The zero-order chi connectivity index (χ0) is 11.9. The fraction of sp³-hybridized carbons (Fsp3) is 1.00. The molecule has 2 heterocycles.